The molecule has 1 fully saturated rings. The molecular formula is C23H26ClFN2O3. The third-order valence-corrected chi connectivity index (χ3v) is 5.56. The van der Waals surface area contributed by atoms with Crippen LogP contribution in [-0.4, -0.2) is 53.9 Å². The summed E-state index contributed by atoms with van der Waals surface area (Å²) in [6, 6.07) is 11.9. The van der Waals surface area contributed by atoms with Gasteiger partial charge in [-0.1, -0.05) is 49.7 Å². The van der Waals surface area contributed by atoms with E-state index >= 15 is 0 Å². The molecule has 160 valence electrons. The van der Waals surface area contributed by atoms with E-state index in [-0.39, 0.29) is 22.4 Å². The maximum absolute atomic E-state index is 14.0. The highest BCUT2D eigenvalue weighted by Gasteiger charge is 2.30. The maximum Gasteiger partial charge on any atom is 0.263 e. The Morgan fingerprint density at radius 1 is 0.967 bits per heavy atom. The Bertz CT molecular complexity index is 906. The molecule has 5 nitrogen and oxygen atoms in total. The molecule has 3 rings (SSSR count). The number of halogens is 2. The summed E-state index contributed by atoms with van der Waals surface area (Å²) in [5.41, 5.74) is 0.926. The molecule has 2 aromatic rings. The van der Waals surface area contributed by atoms with Crippen LogP contribution >= 0.6 is 11.6 Å². The lowest BCUT2D eigenvalue weighted by molar-refractivity contribution is -0.139. The molecule has 0 radical (unpaired) electrons. The Kier molecular flexibility index (Phi) is 6.98. The highest BCUT2D eigenvalue weighted by molar-refractivity contribution is 6.33. The van der Waals surface area contributed by atoms with Crippen molar-refractivity contribution in [3.63, 3.8) is 0 Å². The second-order valence-corrected chi connectivity index (χ2v) is 8.07. The highest BCUT2D eigenvalue weighted by atomic mass is 35.5. The van der Waals surface area contributed by atoms with Gasteiger partial charge in [0.15, 0.2) is 6.10 Å². The van der Waals surface area contributed by atoms with Crippen LogP contribution in [0.3, 0.4) is 0 Å². The zero-order valence-corrected chi connectivity index (χ0v) is 18.2. The van der Waals surface area contributed by atoms with Crippen molar-refractivity contribution in [2.75, 3.05) is 26.2 Å². The average Bonchev–Trinajstić information content (AvgIpc) is 2.73. The zero-order chi connectivity index (χ0) is 21.8. The van der Waals surface area contributed by atoms with Gasteiger partial charge in [-0.15, -0.1) is 0 Å². The summed E-state index contributed by atoms with van der Waals surface area (Å²) in [5.74, 6) is -0.249. The van der Waals surface area contributed by atoms with Crippen molar-refractivity contribution in [3.8, 4) is 5.75 Å². The molecule has 0 spiro atoms. The summed E-state index contributed by atoms with van der Waals surface area (Å²) in [6.07, 6.45) is -0.645. The first-order chi connectivity index (χ1) is 14.3. The minimum absolute atomic E-state index is 0.0874. The third-order valence-electron chi connectivity index (χ3n) is 5.25. The van der Waals surface area contributed by atoms with Crippen LogP contribution in [0.15, 0.2) is 42.5 Å². The van der Waals surface area contributed by atoms with Gasteiger partial charge in [-0.3, -0.25) is 9.59 Å². The van der Waals surface area contributed by atoms with Crippen LogP contribution in [0.4, 0.5) is 4.39 Å². The van der Waals surface area contributed by atoms with Gasteiger partial charge in [-0.2, -0.15) is 0 Å². The summed E-state index contributed by atoms with van der Waals surface area (Å²) in [4.78, 5) is 28.7. The Morgan fingerprint density at radius 2 is 1.60 bits per heavy atom. The van der Waals surface area contributed by atoms with Crippen LogP contribution in [0.25, 0.3) is 0 Å². The van der Waals surface area contributed by atoms with Crippen molar-refractivity contribution >= 4 is 23.4 Å². The SMILES string of the molecule is CC(Oc1ccccc1C(C)C)C(=O)N1CCN(C(=O)c2c(F)cccc2Cl)CC1. The normalized spacial score (nSPS) is 15.3. The number of benzene rings is 2. The van der Waals surface area contributed by atoms with E-state index in [1.165, 1.54) is 23.1 Å². The molecule has 0 bridgehead atoms. The summed E-state index contributed by atoms with van der Waals surface area (Å²) >= 11 is 6.01. The lowest BCUT2D eigenvalue weighted by Crippen LogP contribution is -2.53. The minimum atomic E-state index is -0.645. The van der Waals surface area contributed by atoms with Crippen LogP contribution in [0, 0.1) is 5.82 Å². The average molecular weight is 433 g/mol. The van der Waals surface area contributed by atoms with Crippen molar-refractivity contribution < 1.29 is 18.7 Å². The lowest BCUT2D eigenvalue weighted by Gasteiger charge is -2.36. The smallest absolute Gasteiger partial charge is 0.263 e. The van der Waals surface area contributed by atoms with Crippen molar-refractivity contribution in [2.45, 2.75) is 32.8 Å². The Morgan fingerprint density at radius 3 is 2.23 bits per heavy atom. The molecule has 0 saturated carbocycles. The molecule has 2 amide bonds. The number of para-hydroxylation sites is 1. The van der Waals surface area contributed by atoms with E-state index in [0.29, 0.717) is 31.9 Å². The minimum Gasteiger partial charge on any atom is -0.481 e. The molecule has 1 aliphatic rings. The third kappa shape index (κ3) is 4.75. The van der Waals surface area contributed by atoms with Gasteiger partial charge in [0.2, 0.25) is 0 Å². The number of rotatable bonds is 5. The van der Waals surface area contributed by atoms with Gasteiger partial charge in [0, 0.05) is 26.2 Å². The van der Waals surface area contributed by atoms with Crippen molar-refractivity contribution in [1.29, 1.82) is 0 Å². The van der Waals surface area contributed by atoms with Gasteiger partial charge in [0.05, 0.1) is 10.6 Å². The molecular weight excluding hydrogens is 407 g/mol. The number of ether oxygens (including phenoxy) is 1. The molecule has 1 unspecified atom stereocenters. The monoisotopic (exact) mass is 432 g/mol. The van der Waals surface area contributed by atoms with Crippen LogP contribution in [0.5, 0.6) is 5.75 Å². The number of nitrogens with zero attached hydrogens (tertiary/aromatic N) is 2. The van der Waals surface area contributed by atoms with Gasteiger partial charge in [0.25, 0.3) is 11.8 Å². The van der Waals surface area contributed by atoms with Gasteiger partial charge in [-0.05, 0) is 36.6 Å². The summed E-state index contributed by atoms with van der Waals surface area (Å²) in [5, 5.41) is 0.0874. The van der Waals surface area contributed by atoms with E-state index in [4.69, 9.17) is 16.3 Å². The number of piperazine rings is 1. The number of carbonyl (C=O) groups is 2. The second-order valence-electron chi connectivity index (χ2n) is 7.67. The molecule has 1 saturated heterocycles. The Labute approximate surface area is 181 Å². The van der Waals surface area contributed by atoms with Gasteiger partial charge in [-0.25, -0.2) is 4.39 Å². The van der Waals surface area contributed by atoms with Crippen LogP contribution in [0.2, 0.25) is 5.02 Å². The first-order valence-corrected chi connectivity index (χ1v) is 10.4. The van der Waals surface area contributed by atoms with E-state index in [9.17, 15) is 14.0 Å². The van der Waals surface area contributed by atoms with Gasteiger partial charge in [0.1, 0.15) is 11.6 Å². The second kappa shape index (κ2) is 9.47. The molecule has 1 aliphatic heterocycles. The van der Waals surface area contributed by atoms with Crippen molar-refractivity contribution in [3.05, 3.63) is 64.4 Å². The van der Waals surface area contributed by atoms with E-state index in [1.807, 2.05) is 24.3 Å². The number of carbonyl (C=O) groups excluding carboxylic acids is 2. The predicted molar refractivity (Wildman–Crippen MR) is 115 cm³/mol. The molecule has 30 heavy (non-hydrogen) atoms. The number of hydrogen-bond donors (Lipinski definition) is 0. The molecule has 0 N–H and O–H groups in total. The molecule has 0 aromatic heterocycles. The lowest BCUT2D eigenvalue weighted by atomic mass is 10.0. The Balaban J connectivity index is 1.61. The van der Waals surface area contributed by atoms with Crippen LogP contribution in [0.1, 0.15) is 42.6 Å². The molecule has 0 aliphatic carbocycles. The van der Waals surface area contributed by atoms with Crippen molar-refractivity contribution in [2.24, 2.45) is 0 Å². The topological polar surface area (TPSA) is 49.9 Å². The van der Waals surface area contributed by atoms with Gasteiger partial charge < -0.3 is 14.5 Å². The standard InChI is InChI=1S/C23H26ClFN2O3/c1-15(2)17-7-4-5-10-20(17)30-16(3)22(28)26-11-13-27(14-12-26)23(29)21-18(24)8-6-9-19(21)25/h4-10,15-16H,11-14H2,1-3H3. The van der Waals surface area contributed by atoms with E-state index in [1.54, 1.807) is 11.8 Å². The molecule has 1 atom stereocenters. The highest BCUT2D eigenvalue weighted by Crippen LogP contribution is 2.27. The fraction of sp³-hybridized carbons (Fsp3) is 0.391. The zero-order valence-electron chi connectivity index (χ0n) is 17.4. The fourth-order valence-corrected chi connectivity index (χ4v) is 3.80. The maximum atomic E-state index is 14.0. The summed E-state index contributed by atoms with van der Waals surface area (Å²) in [6.45, 7) is 7.22. The largest absolute Gasteiger partial charge is 0.481 e. The van der Waals surface area contributed by atoms with Gasteiger partial charge >= 0.3 is 0 Å². The summed E-state index contributed by atoms with van der Waals surface area (Å²) < 4.78 is 20.0. The number of amides is 2. The predicted octanol–water partition coefficient (Wildman–Crippen LogP) is 4.35. The summed E-state index contributed by atoms with van der Waals surface area (Å²) in [7, 11) is 0. The number of hydrogen-bond acceptors (Lipinski definition) is 3. The first kappa shape index (κ1) is 22.1. The fourth-order valence-electron chi connectivity index (χ4n) is 3.55. The van der Waals surface area contributed by atoms with E-state index in [0.717, 1.165) is 5.56 Å². The molecule has 1 heterocycles. The van der Waals surface area contributed by atoms with E-state index < -0.39 is 17.8 Å². The molecule has 7 heteroatoms. The quantitative estimate of drug-likeness (QED) is 0.705. The molecule has 2 aromatic carbocycles. The first-order valence-electron chi connectivity index (χ1n) is 10.1. The van der Waals surface area contributed by atoms with Crippen LogP contribution < -0.4 is 4.74 Å². The van der Waals surface area contributed by atoms with Crippen LogP contribution in [-0.2, 0) is 4.79 Å². The van der Waals surface area contributed by atoms with E-state index in [2.05, 4.69) is 13.8 Å². The van der Waals surface area contributed by atoms with Crippen molar-refractivity contribution in [1.82, 2.24) is 9.80 Å². The Hall–Kier alpha value is -2.60.